The zero-order chi connectivity index (χ0) is 5.45. The first-order valence-corrected chi connectivity index (χ1v) is 3.05. The second kappa shape index (κ2) is 1.33. The maximum absolute atomic E-state index is 3.30. The highest BCUT2D eigenvalue weighted by Crippen LogP contribution is 2.18. The summed E-state index contributed by atoms with van der Waals surface area (Å²) in [7, 11) is 0. The lowest BCUT2D eigenvalue weighted by atomic mass is 10.1. The van der Waals surface area contributed by atoms with E-state index in [1.54, 1.807) is 0 Å². The van der Waals surface area contributed by atoms with Crippen molar-refractivity contribution in [2.24, 2.45) is 0 Å². The fourth-order valence-electron chi connectivity index (χ4n) is 1.08. The lowest BCUT2D eigenvalue weighted by Crippen LogP contribution is -2.34. The molecule has 2 nitrogen and oxygen atoms in total. The molecule has 0 amide bonds. The molecule has 2 heteroatoms. The van der Waals surface area contributed by atoms with Gasteiger partial charge in [0.25, 0.3) is 0 Å². The minimum absolute atomic E-state index is 0.387. The molecule has 0 aromatic carbocycles. The van der Waals surface area contributed by atoms with Crippen molar-refractivity contribution in [2.75, 3.05) is 19.6 Å². The standard InChI is InChI=1S/C6H10N2/c1-2-6(5-8-6)4-7-3-1/h1-2,7-8H,3-5H2. The minimum atomic E-state index is 0.387. The molecule has 0 aromatic heterocycles. The molecule has 2 N–H and O–H groups in total. The third-order valence-corrected chi connectivity index (χ3v) is 1.77. The number of rotatable bonds is 0. The Morgan fingerprint density at radius 2 is 2.25 bits per heavy atom. The van der Waals surface area contributed by atoms with Crippen LogP contribution in [0, 0.1) is 0 Å². The van der Waals surface area contributed by atoms with Gasteiger partial charge < -0.3 is 10.6 Å². The highest BCUT2D eigenvalue weighted by atomic mass is 15.2. The fourth-order valence-corrected chi connectivity index (χ4v) is 1.08. The largest absolute Gasteiger partial charge is 0.311 e. The van der Waals surface area contributed by atoms with Gasteiger partial charge in [-0.25, -0.2) is 0 Å². The van der Waals surface area contributed by atoms with Crippen LogP contribution in [0.2, 0.25) is 0 Å². The van der Waals surface area contributed by atoms with E-state index in [1.807, 2.05) is 0 Å². The van der Waals surface area contributed by atoms with Crippen LogP contribution in [0.1, 0.15) is 0 Å². The molecule has 1 unspecified atom stereocenters. The Bertz CT molecular complexity index is 124. The van der Waals surface area contributed by atoms with Gasteiger partial charge >= 0.3 is 0 Å². The van der Waals surface area contributed by atoms with Crippen LogP contribution < -0.4 is 10.6 Å². The quantitative estimate of drug-likeness (QED) is 0.325. The van der Waals surface area contributed by atoms with Crippen LogP contribution in [0.5, 0.6) is 0 Å². The van der Waals surface area contributed by atoms with Crippen molar-refractivity contribution in [3.05, 3.63) is 12.2 Å². The molecule has 2 rings (SSSR count). The van der Waals surface area contributed by atoms with Crippen LogP contribution in [0.4, 0.5) is 0 Å². The molecule has 0 bridgehead atoms. The Kier molecular flexibility index (Phi) is 0.754. The van der Waals surface area contributed by atoms with Gasteiger partial charge in [-0.05, 0) is 0 Å². The van der Waals surface area contributed by atoms with E-state index in [4.69, 9.17) is 0 Å². The number of hydrogen-bond donors (Lipinski definition) is 2. The molecule has 1 spiro atoms. The monoisotopic (exact) mass is 110 g/mol. The molecular formula is C6H10N2. The number of nitrogens with one attached hydrogen (secondary N) is 2. The molecular weight excluding hydrogens is 100 g/mol. The van der Waals surface area contributed by atoms with Gasteiger partial charge in [0, 0.05) is 19.6 Å². The lowest BCUT2D eigenvalue weighted by molar-refractivity contribution is 0.626. The Morgan fingerprint density at radius 3 is 2.62 bits per heavy atom. The lowest BCUT2D eigenvalue weighted by Gasteiger charge is -2.13. The predicted octanol–water partition coefficient (Wildman–Crippen LogP) is -0.512. The zero-order valence-electron chi connectivity index (χ0n) is 4.78. The first-order valence-electron chi connectivity index (χ1n) is 3.05. The smallest absolute Gasteiger partial charge is 0.0618 e. The van der Waals surface area contributed by atoms with Gasteiger partial charge in [0.05, 0.1) is 5.54 Å². The van der Waals surface area contributed by atoms with Crippen LogP contribution in [0.3, 0.4) is 0 Å². The second-order valence-corrected chi connectivity index (χ2v) is 2.54. The van der Waals surface area contributed by atoms with E-state index in [-0.39, 0.29) is 0 Å². The SMILES string of the molecule is C1=CC2(CNC1)CN2. The van der Waals surface area contributed by atoms with Gasteiger partial charge in [-0.2, -0.15) is 0 Å². The van der Waals surface area contributed by atoms with Crippen molar-refractivity contribution in [1.29, 1.82) is 0 Å². The van der Waals surface area contributed by atoms with Crippen LogP contribution >= 0.6 is 0 Å². The summed E-state index contributed by atoms with van der Waals surface area (Å²) >= 11 is 0. The Morgan fingerprint density at radius 1 is 1.38 bits per heavy atom. The first kappa shape index (κ1) is 4.53. The Balaban J connectivity index is 2.13. The summed E-state index contributed by atoms with van der Waals surface area (Å²) in [5.41, 5.74) is 0.387. The van der Waals surface area contributed by atoms with E-state index < -0.39 is 0 Å². The zero-order valence-corrected chi connectivity index (χ0v) is 4.78. The van der Waals surface area contributed by atoms with Crippen molar-refractivity contribution in [3.63, 3.8) is 0 Å². The maximum atomic E-state index is 3.30. The van der Waals surface area contributed by atoms with Crippen LogP contribution in [-0.4, -0.2) is 25.2 Å². The van der Waals surface area contributed by atoms with E-state index in [2.05, 4.69) is 22.8 Å². The molecule has 1 fully saturated rings. The van der Waals surface area contributed by atoms with Gasteiger partial charge in [-0.15, -0.1) is 0 Å². The summed E-state index contributed by atoms with van der Waals surface area (Å²) in [6.45, 7) is 3.32. The molecule has 8 heavy (non-hydrogen) atoms. The van der Waals surface area contributed by atoms with Gasteiger partial charge in [0.1, 0.15) is 0 Å². The Labute approximate surface area is 49.0 Å². The third kappa shape index (κ3) is 0.572. The highest BCUT2D eigenvalue weighted by molar-refractivity contribution is 5.22. The summed E-state index contributed by atoms with van der Waals surface area (Å²) in [6.07, 6.45) is 4.45. The van der Waals surface area contributed by atoms with Crippen LogP contribution in [0.25, 0.3) is 0 Å². The summed E-state index contributed by atoms with van der Waals surface area (Å²) in [6, 6.07) is 0. The van der Waals surface area contributed by atoms with Gasteiger partial charge in [0.2, 0.25) is 0 Å². The van der Waals surface area contributed by atoms with Crippen LogP contribution in [0.15, 0.2) is 12.2 Å². The summed E-state index contributed by atoms with van der Waals surface area (Å²) in [5.74, 6) is 0. The molecule has 2 heterocycles. The normalized spacial score (nSPS) is 43.0. The van der Waals surface area contributed by atoms with E-state index in [0.717, 1.165) is 19.6 Å². The predicted molar refractivity (Wildman–Crippen MR) is 32.7 cm³/mol. The third-order valence-electron chi connectivity index (χ3n) is 1.77. The van der Waals surface area contributed by atoms with Gasteiger partial charge in [-0.1, -0.05) is 12.2 Å². The van der Waals surface area contributed by atoms with Crippen molar-refractivity contribution in [2.45, 2.75) is 5.54 Å². The summed E-state index contributed by atoms with van der Waals surface area (Å²) < 4.78 is 0. The van der Waals surface area contributed by atoms with E-state index >= 15 is 0 Å². The van der Waals surface area contributed by atoms with Crippen molar-refractivity contribution >= 4 is 0 Å². The topological polar surface area (TPSA) is 34.0 Å². The van der Waals surface area contributed by atoms with Crippen LogP contribution in [-0.2, 0) is 0 Å². The van der Waals surface area contributed by atoms with E-state index in [1.165, 1.54) is 0 Å². The molecule has 0 aromatic rings. The minimum Gasteiger partial charge on any atom is -0.311 e. The highest BCUT2D eigenvalue weighted by Gasteiger charge is 2.39. The molecule has 1 saturated heterocycles. The van der Waals surface area contributed by atoms with Crippen molar-refractivity contribution in [3.8, 4) is 0 Å². The maximum Gasteiger partial charge on any atom is 0.0618 e. The Hall–Kier alpha value is -0.340. The average molecular weight is 110 g/mol. The molecule has 0 radical (unpaired) electrons. The average Bonchev–Trinajstić information content (AvgIpc) is 2.52. The summed E-state index contributed by atoms with van der Waals surface area (Å²) in [4.78, 5) is 0. The molecule has 0 saturated carbocycles. The second-order valence-electron chi connectivity index (χ2n) is 2.54. The molecule has 2 aliphatic rings. The van der Waals surface area contributed by atoms with Gasteiger partial charge in [-0.3, -0.25) is 0 Å². The molecule has 44 valence electrons. The molecule has 1 atom stereocenters. The van der Waals surface area contributed by atoms with Crippen molar-refractivity contribution in [1.82, 2.24) is 10.6 Å². The first-order chi connectivity index (χ1) is 3.91. The number of hydrogen-bond acceptors (Lipinski definition) is 2. The summed E-state index contributed by atoms with van der Waals surface area (Å²) in [5, 5.41) is 6.59. The molecule has 2 aliphatic heterocycles. The molecule has 0 aliphatic carbocycles. The van der Waals surface area contributed by atoms with Crippen molar-refractivity contribution < 1.29 is 0 Å². The van der Waals surface area contributed by atoms with E-state index in [0.29, 0.717) is 5.54 Å². The fraction of sp³-hybridized carbons (Fsp3) is 0.667. The van der Waals surface area contributed by atoms with Gasteiger partial charge in [0.15, 0.2) is 0 Å². The van der Waals surface area contributed by atoms with E-state index in [9.17, 15) is 0 Å².